The fourth-order valence-electron chi connectivity index (χ4n) is 1.08. The van der Waals surface area contributed by atoms with E-state index in [1.165, 1.54) is 7.11 Å². The van der Waals surface area contributed by atoms with Crippen LogP contribution in [0.4, 0.5) is 8.78 Å². The number of alkyl halides is 2. The van der Waals surface area contributed by atoms with Crippen molar-refractivity contribution in [1.29, 1.82) is 0 Å². The number of hydrogen-bond acceptors (Lipinski definition) is 4. The lowest BCUT2D eigenvalue weighted by molar-refractivity contribution is 0.146. The molecule has 6 nitrogen and oxygen atoms in total. The van der Waals surface area contributed by atoms with Crippen LogP contribution in [-0.2, 0) is 0 Å². The zero-order valence-electron chi connectivity index (χ0n) is 7.57. The van der Waals surface area contributed by atoms with Gasteiger partial charge in [0.2, 0.25) is 0 Å². The van der Waals surface area contributed by atoms with Crippen LogP contribution in [-0.4, -0.2) is 26.7 Å². The third-order valence-corrected chi connectivity index (χ3v) is 1.75. The molecule has 2 heterocycles. The molecular weight excluding hydrogens is 210 g/mol. The van der Waals surface area contributed by atoms with Crippen molar-refractivity contribution in [3.05, 3.63) is 22.1 Å². The summed E-state index contributed by atoms with van der Waals surface area (Å²) in [6, 6.07) is 0.779. The molecule has 15 heavy (non-hydrogen) atoms. The highest BCUT2D eigenvalue weighted by molar-refractivity contribution is 5.29. The van der Waals surface area contributed by atoms with Crippen LogP contribution in [0.5, 0.6) is 6.01 Å². The Balaban J connectivity index is 2.70. The highest BCUT2D eigenvalue weighted by Crippen LogP contribution is 2.14. The van der Waals surface area contributed by atoms with Crippen molar-refractivity contribution in [2.75, 3.05) is 7.11 Å². The predicted molar refractivity (Wildman–Crippen MR) is 45.1 cm³/mol. The van der Waals surface area contributed by atoms with Crippen molar-refractivity contribution in [2.45, 2.75) is 6.43 Å². The number of aromatic amines is 1. The van der Waals surface area contributed by atoms with E-state index in [1.807, 2.05) is 0 Å². The normalized spacial score (nSPS) is 11.2. The summed E-state index contributed by atoms with van der Waals surface area (Å²) in [5, 5.41) is 2.44. The first kappa shape index (κ1) is 9.56. The van der Waals surface area contributed by atoms with E-state index in [4.69, 9.17) is 4.74 Å². The van der Waals surface area contributed by atoms with Gasteiger partial charge in [-0.1, -0.05) is 0 Å². The number of hydrogen-bond donors (Lipinski definition) is 1. The molecule has 1 N–H and O–H groups in total. The first-order chi connectivity index (χ1) is 7.11. The van der Waals surface area contributed by atoms with Gasteiger partial charge >= 0.3 is 6.01 Å². The van der Waals surface area contributed by atoms with Crippen LogP contribution in [0.1, 0.15) is 12.1 Å². The SMILES string of the molecule is COc1nc2nc(C(F)F)cc(=O)n2[nH]1. The monoisotopic (exact) mass is 216 g/mol. The van der Waals surface area contributed by atoms with Crippen molar-refractivity contribution in [1.82, 2.24) is 19.6 Å². The Labute approximate surface area is 81.5 Å². The number of aromatic nitrogens is 4. The van der Waals surface area contributed by atoms with Crippen LogP contribution >= 0.6 is 0 Å². The van der Waals surface area contributed by atoms with Crippen LogP contribution < -0.4 is 10.3 Å². The smallest absolute Gasteiger partial charge is 0.312 e. The fourth-order valence-corrected chi connectivity index (χ4v) is 1.08. The van der Waals surface area contributed by atoms with Crippen LogP contribution in [0.3, 0.4) is 0 Å². The quantitative estimate of drug-likeness (QED) is 0.786. The molecule has 0 unspecified atom stereocenters. The van der Waals surface area contributed by atoms with Crippen LogP contribution in [0.2, 0.25) is 0 Å². The summed E-state index contributed by atoms with van der Waals surface area (Å²) in [6.45, 7) is 0. The van der Waals surface area contributed by atoms with Gasteiger partial charge in [0.15, 0.2) is 0 Å². The number of ether oxygens (including phenoxy) is 1. The molecule has 2 aromatic rings. The molecule has 0 aliphatic carbocycles. The third kappa shape index (κ3) is 1.53. The standard InChI is InChI=1S/C7H6F2N4O2/c1-15-7-11-6-10-3(5(8)9)2-4(14)13(6)12-7/h2,5H,1H3,(H,10,11,12). The Morgan fingerprint density at radius 3 is 2.87 bits per heavy atom. The van der Waals surface area contributed by atoms with Gasteiger partial charge in [-0.3, -0.25) is 4.79 Å². The van der Waals surface area contributed by atoms with Crippen LogP contribution in [0.15, 0.2) is 10.9 Å². The molecule has 0 amide bonds. The summed E-state index contributed by atoms with van der Waals surface area (Å²) < 4.78 is 30.2. The average molecular weight is 216 g/mol. The van der Waals surface area contributed by atoms with Crippen molar-refractivity contribution >= 4 is 5.78 Å². The topological polar surface area (TPSA) is 72.3 Å². The molecule has 0 bridgehead atoms. The van der Waals surface area contributed by atoms with Gasteiger partial charge in [-0.15, -0.1) is 0 Å². The van der Waals surface area contributed by atoms with Crippen molar-refractivity contribution in [2.24, 2.45) is 0 Å². The Kier molecular flexibility index (Phi) is 2.10. The molecule has 0 fully saturated rings. The summed E-state index contributed by atoms with van der Waals surface area (Å²) in [4.78, 5) is 18.5. The van der Waals surface area contributed by atoms with Gasteiger partial charge in [0.05, 0.1) is 7.11 Å². The molecule has 0 atom stereocenters. The van der Waals surface area contributed by atoms with Gasteiger partial charge in [0, 0.05) is 6.07 Å². The number of halogens is 2. The zero-order valence-corrected chi connectivity index (χ0v) is 7.57. The highest BCUT2D eigenvalue weighted by atomic mass is 19.3. The van der Waals surface area contributed by atoms with Gasteiger partial charge in [-0.25, -0.2) is 18.9 Å². The van der Waals surface area contributed by atoms with E-state index in [9.17, 15) is 13.6 Å². The second-order valence-corrected chi connectivity index (χ2v) is 2.69. The Morgan fingerprint density at radius 1 is 1.53 bits per heavy atom. The molecule has 0 saturated carbocycles. The summed E-state index contributed by atoms with van der Waals surface area (Å²) >= 11 is 0. The minimum Gasteiger partial charge on any atom is -0.467 e. The maximum atomic E-state index is 12.3. The molecule has 0 aliphatic rings. The Morgan fingerprint density at radius 2 is 2.27 bits per heavy atom. The number of methoxy groups -OCH3 is 1. The second-order valence-electron chi connectivity index (χ2n) is 2.69. The molecule has 8 heteroatoms. The molecule has 0 radical (unpaired) electrons. The van der Waals surface area contributed by atoms with E-state index in [-0.39, 0.29) is 11.8 Å². The molecule has 0 spiro atoms. The maximum absolute atomic E-state index is 12.3. The Hall–Kier alpha value is -1.99. The van der Waals surface area contributed by atoms with Gasteiger partial charge < -0.3 is 4.74 Å². The van der Waals surface area contributed by atoms with E-state index in [1.54, 1.807) is 0 Å². The molecule has 0 aliphatic heterocycles. The zero-order chi connectivity index (χ0) is 11.0. The number of H-pyrrole nitrogens is 1. The van der Waals surface area contributed by atoms with E-state index >= 15 is 0 Å². The largest absolute Gasteiger partial charge is 0.467 e. The van der Waals surface area contributed by atoms with E-state index in [0.29, 0.717) is 0 Å². The lowest BCUT2D eigenvalue weighted by Gasteiger charge is -1.96. The third-order valence-electron chi connectivity index (χ3n) is 1.75. The summed E-state index contributed by atoms with van der Waals surface area (Å²) in [7, 11) is 1.33. The lowest BCUT2D eigenvalue weighted by Crippen LogP contribution is -2.15. The predicted octanol–water partition coefficient (Wildman–Crippen LogP) is 0.364. The fraction of sp³-hybridized carbons (Fsp3) is 0.286. The molecule has 2 aromatic heterocycles. The average Bonchev–Trinajstić information content (AvgIpc) is 2.61. The lowest BCUT2D eigenvalue weighted by atomic mass is 10.4. The van der Waals surface area contributed by atoms with Crippen molar-refractivity contribution in [3.63, 3.8) is 0 Å². The summed E-state index contributed by atoms with van der Waals surface area (Å²) in [6.07, 6.45) is -2.80. The number of nitrogens with zero attached hydrogens (tertiary/aromatic N) is 3. The number of nitrogens with one attached hydrogen (secondary N) is 1. The van der Waals surface area contributed by atoms with E-state index in [2.05, 4.69) is 15.1 Å². The minimum absolute atomic E-state index is 0.0333. The number of fused-ring (bicyclic) bond motifs is 1. The van der Waals surface area contributed by atoms with Gasteiger partial charge in [0.1, 0.15) is 5.69 Å². The first-order valence-electron chi connectivity index (χ1n) is 3.93. The van der Waals surface area contributed by atoms with E-state index < -0.39 is 17.7 Å². The molecular formula is C7H6F2N4O2. The van der Waals surface area contributed by atoms with Crippen LogP contribution in [0, 0.1) is 0 Å². The second kappa shape index (κ2) is 3.30. The van der Waals surface area contributed by atoms with Gasteiger partial charge in [0.25, 0.3) is 17.8 Å². The molecule has 2 rings (SSSR count). The van der Waals surface area contributed by atoms with Crippen molar-refractivity contribution < 1.29 is 13.5 Å². The van der Waals surface area contributed by atoms with Gasteiger partial charge in [-0.05, 0) is 0 Å². The van der Waals surface area contributed by atoms with Gasteiger partial charge in [-0.2, -0.15) is 9.50 Å². The van der Waals surface area contributed by atoms with Crippen molar-refractivity contribution in [3.8, 4) is 6.01 Å². The van der Waals surface area contributed by atoms with E-state index in [0.717, 1.165) is 10.6 Å². The van der Waals surface area contributed by atoms with Crippen LogP contribution in [0.25, 0.3) is 5.78 Å². The molecule has 80 valence electrons. The molecule has 0 aromatic carbocycles. The summed E-state index contributed by atoms with van der Waals surface area (Å²) in [5.74, 6) is -0.144. The Bertz CT molecular complexity index is 547. The highest BCUT2D eigenvalue weighted by Gasteiger charge is 2.14. The molecule has 0 saturated heterocycles. The summed E-state index contributed by atoms with van der Waals surface area (Å²) in [5.41, 5.74) is -1.26. The first-order valence-corrected chi connectivity index (χ1v) is 3.93. The number of rotatable bonds is 2. The minimum atomic E-state index is -2.80. The maximum Gasteiger partial charge on any atom is 0.312 e.